The summed E-state index contributed by atoms with van der Waals surface area (Å²) in [6, 6.07) is 11.9. The first-order valence-corrected chi connectivity index (χ1v) is 5.83. The van der Waals surface area contributed by atoms with E-state index in [1.165, 1.54) is 0 Å². The summed E-state index contributed by atoms with van der Waals surface area (Å²) in [6.45, 7) is 0. The molecule has 0 saturated carbocycles. The molecule has 1 aromatic heterocycles. The second kappa shape index (κ2) is 5.30. The summed E-state index contributed by atoms with van der Waals surface area (Å²) >= 11 is 3.52. The highest BCUT2D eigenvalue weighted by Crippen LogP contribution is 2.25. The van der Waals surface area contributed by atoms with E-state index in [-0.39, 0.29) is 6.04 Å². The molecular weight excluding hydrogens is 268 g/mol. The third-order valence-corrected chi connectivity index (χ3v) is 3.19. The van der Waals surface area contributed by atoms with Gasteiger partial charge in [-0.15, -0.1) is 0 Å². The Kier molecular flexibility index (Phi) is 3.77. The Hall–Kier alpha value is -1.10. The van der Waals surface area contributed by atoms with Crippen LogP contribution >= 0.6 is 15.9 Å². The number of hydrazine groups is 1. The molecule has 0 spiro atoms. The number of benzene rings is 1. The van der Waals surface area contributed by atoms with Gasteiger partial charge in [-0.1, -0.05) is 34.1 Å². The topological polar surface area (TPSA) is 51.2 Å². The van der Waals surface area contributed by atoms with E-state index < -0.39 is 0 Å². The van der Waals surface area contributed by atoms with Crippen LogP contribution in [0.2, 0.25) is 0 Å². The standard InChI is InChI=1S/C12H13BrN2O/c13-11-6-2-1-5-10(11)12(15-14)8-9-4-3-7-16-9/h1-7,12,15H,8,14H2. The van der Waals surface area contributed by atoms with E-state index in [4.69, 9.17) is 10.3 Å². The van der Waals surface area contributed by atoms with E-state index >= 15 is 0 Å². The SMILES string of the molecule is NNC(Cc1ccco1)c1ccccc1Br. The third-order valence-electron chi connectivity index (χ3n) is 2.47. The Bertz CT molecular complexity index is 442. The summed E-state index contributed by atoms with van der Waals surface area (Å²) < 4.78 is 6.36. The molecule has 0 amide bonds. The van der Waals surface area contributed by atoms with Gasteiger partial charge < -0.3 is 4.42 Å². The minimum atomic E-state index is 0.0433. The average Bonchev–Trinajstić information content (AvgIpc) is 2.80. The van der Waals surface area contributed by atoms with Gasteiger partial charge in [-0.2, -0.15) is 0 Å². The summed E-state index contributed by atoms with van der Waals surface area (Å²) in [5.74, 6) is 6.49. The second-order valence-electron chi connectivity index (χ2n) is 3.52. The highest BCUT2D eigenvalue weighted by atomic mass is 79.9. The summed E-state index contributed by atoms with van der Waals surface area (Å²) in [5, 5.41) is 0. The Labute approximate surface area is 103 Å². The number of rotatable bonds is 4. The van der Waals surface area contributed by atoms with Gasteiger partial charge in [0.25, 0.3) is 0 Å². The van der Waals surface area contributed by atoms with Gasteiger partial charge in [-0.3, -0.25) is 11.3 Å². The van der Waals surface area contributed by atoms with Gasteiger partial charge in [0.1, 0.15) is 5.76 Å². The van der Waals surface area contributed by atoms with Crippen molar-refractivity contribution in [3.8, 4) is 0 Å². The predicted octanol–water partition coefficient (Wildman–Crippen LogP) is 2.79. The number of hydrogen-bond donors (Lipinski definition) is 2. The van der Waals surface area contributed by atoms with E-state index in [2.05, 4.69) is 21.4 Å². The molecule has 4 heteroatoms. The van der Waals surface area contributed by atoms with E-state index in [0.29, 0.717) is 0 Å². The first kappa shape index (κ1) is 11.4. The lowest BCUT2D eigenvalue weighted by atomic mass is 10.0. The lowest BCUT2D eigenvalue weighted by Crippen LogP contribution is -2.29. The van der Waals surface area contributed by atoms with Crippen LogP contribution in [0.1, 0.15) is 17.4 Å². The highest BCUT2D eigenvalue weighted by molar-refractivity contribution is 9.10. The third kappa shape index (κ3) is 2.52. The fourth-order valence-electron chi connectivity index (χ4n) is 1.65. The minimum Gasteiger partial charge on any atom is -0.469 e. The number of nitrogens with one attached hydrogen (secondary N) is 1. The molecule has 2 aromatic rings. The zero-order chi connectivity index (χ0) is 11.4. The van der Waals surface area contributed by atoms with Crippen LogP contribution in [0.15, 0.2) is 51.6 Å². The van der Waals surface area contributed by atoms with Crippen LogP contribution in [0.3, 0.4) is 0 Å². The monoisotopic (exact) mass is 280 g/mol. The van der Waals surface area contributed by atoms with Gasteiger partial charge in [-0.25, -0.2) is 0 Å². The molecular formula is C12H13BrN2O. The van der Waals surface area contributed by atoms with Crippen molar-refractivity contribution in [2.24, 2.45) is 5.84 Å². The van der Waals surface area contributed by atoms with Crippen molar-refractivity contribution in [1.82, 2.24) is 5.43 Å². The predicted molar refractivity (Wildman–Crippen MR) is 66.6 cm³/mol. The van der Waals surface area contributed by atoms with Crippen molar-refractivity contribution < 1.29 is 4.42 Å². The van der Waals surface area contributed by atoms with Crippen LogP contribution in [0.5, 0.6) is 0 Å². The van der Waals surface area contributed by atoms with Crippen molar-refractivity contribution in [3.63, 3.8) is 0 Å². The average molecular weight is 281 g/mol. The van der Waals surface area contributed by atoms with Gasteiger partial charge in [0.15, 0.2) is 0 Å². The smallest absolute Gasteiger partial charge is 0.105 e. The lowest BCUT2D eigenvalue weighted by molar-refractivity contribution is 0.454. The normalized spacial score (nSPS) is 12.6. The van der Waals surface area contributed by atoms with E-state index in [9.17, 15) is 0 Å². The van der Waals surface area contributed by atoms with Crippen molar-refractivity contribution >= 4 is 15.9 Å². The minimum absolute atomic E-state index is 0.0433. The first-order valence-electron chi connectivity index (χ1n) is 5.04. The molecule has 2 rings (SSSR count). The summed E-state index contributed by atoms with van der Waals surface area (Å²) in [7, 11) is 0. The van der Waals surface area contributed by atoms with E-state index in [0.717, 1.165) is 22.2 Å². The number of furan rings is 1. The van der Waals surface area contributed by atoms with Crippen LogP contribution < -0.4 is 11.3 Å². The Morgan fingerprint density at radius 1 is 1.25 bits per heavy atom. The molecule has 16 heavy (non-hydrogen) atoms. The van der Waals surface area contributed by atoms with Gasteiger partial charge >= 0.3 is 0 Å². The largest absolute Gasteiger partial charge is 0.469 e. The molecule has 1 aromatic carbocycles. The zero-order valence-electron chi connectivity index (χ0n) is 8.69. The quantitative estimate of drug-likeness (QED) is 0.669. The van der Waals surface area contributed by atoms with Gasteiger partial charge in [-0.05, 0) is 23.8 Å². The maximum atomic E-state index is 5.58. The Morgan fingerprint density at radius 2 is 2.06 bits per heavy atom. The molecule has 1 atom stereocenters. The van der Waals surface area contributed by atoms with E-state index in [1.807, 2.05) is 36.4 Å². The first-order chi connectivity index (χ1) is 7.81. The van der Waals surface area contributed by atoms with Gasteiger partial charge in [0, 0.05) is 10.9 Å². The maximum Gasteiger partial charge on any atom is 0.105 e. The molecule has 0 fully saturated rings. The fourth-order valence-corrected chi connectivity index (χ4v) is 2.21. The van der Waals surface area contributed by atoms with Crippen LogP contribution in [0.4, 0.5) is 0 Å². The molecule has 0 aliphatic rings. The van der Waals surface area contributed by atoms with Crippen LogP contribution in [0, 0.1) is 0 Å². The Morgan fingerprint density at radius 3 is 2.69 bits per heavy atom. The molecule has 1 heterocycles. The van der Waals surface area contributed by atoms with Gasteiger partial charge in [0.05, 0.1) is 12.3 Å². The lowest BCUT2D eigenvalue weighted by Gasteiger charge is -2.16. The number of halogens is 1. The Balaban J connectivity index is 2.20. The molecule has 0 radical (unpaired) electrons. The molecule has 3 nitrogen and oxygen atoms in total. The molecule has 0 saturated heterocycles. The molecule has 3 N–H and O–H groups in total. The van der Waals surface area contributed by atoms with Crippen LogP contribution in [-0.2, 0) is 6.42 Å². The molecule has 84 valence electrons. The second-order valence-corrected chi connectivity index (χ2v) is 4.38. The maximum absolute atomic E-state index is 5.58. The zero-order valence-corrected chi connectivity index (χ0v) is 10.3. The highest BCUT2D eigenvalue weighted by Gasteiger charge is 2.14. The molecule has 1 unspecified atom stereocenters. The van der Waals surface area contributed by atoms with Crippen molar-refractivity contribution in [2.75, 3.05) is 0 Å². The van der Waals surface area contributed by atoms with Crippen molar-refractivity contribution in [3.05, 3.63) is 58.5 Å². The van der Waals surface area contributed by atoms with E-state index in [1.54, 1.807) is 6.26 Å². The van der Waals surface area contributed by atoms with Crippen LogP contribution in [-0.4, -0.2) is 0 Å². The molecule has 0 aliphatic carbocycles. The summed E-state index contributed by atoms with van der Waals surface area (Å²) in [4.78, 5) is 0. The van der Waals surface area contributed by atoms with Gasteiger partial charge in [0.2, 0.25) is 0 Å². The fraction of sp³-hybridized carbons (Fsp3) is 0.167. The molecule has 0 bridgehead atoms. The molecule has 0 aliphatic heterocycles. The number of nitrogens with two attached hydrogens (primary N) is 1. The van der Waals surface area contributed by atoms with Crippen molar-refractivity contribution in [1.29, 1.82) is 0 Å². The number of hydrogen-bond acceptors (Lipinski definition) is 3. The summed E-state index contributed by atoms with van der Waals surface area (Å²) in [5.41, 5.74) is 3.93. The van der Waals surface area contributed by atoms with Crippen molar-refractivity contribution in [2.45, 2.75) is 12.5 Å². The summed E-state index contributed by atoms with van der Waals surface area (Å²) in [6.07, 6.45) is 2.40. The van der Waals surface area contributed by atoms with Crippen LogP contribution in [0.25, 0.3) is 0 Å².